The summed E-state index contributed by atoms with van der Waals surface area (Å²) in [6.45, 7) is 0.324. The third-order valence-electron chi connectivity index (χ3n) is 5.64. The van der Waals surface area contributed by atoms with Gasteiger partial charge in [-0.2, -0.15) is 0 Å². The van der Waals surface area contributed by atoms with Gasteiger partial charge in [0.15, 0.2) is 5.82 Å². The third kappa shape index (κ3) is 2.27. The van der Waals surface area contributed by atoms with Gasteiger partial charge in [-0.15, -0.1) is 0 Å². The minimum atomic E-state index is -0.905. The van der Waals surface area contributed by atoms with Crippen molar-refractivity contribution in [3.05, 3.63) is 67.7 Å². The van der Waals surface area contributed by atoms with Gasteiger partial charge in [0.1, 0.15) is 11.3 Å². The van der Waals surface area contributed by atoms with Gasteiger partial charge < -0.3 is 15.2 Å². The Bertz CT molecular complexity index is 1230. The van der Waals surface area contributed by atoms with E-state index in [1.807, 2.05) is 0 Å². The molecule has 144 valence electrons. The predicted octanol–water partition coefficient (Wildman–Crippen LogP) is 3.87. The number of hydrogen-bond acceptors (Lipinski definition) is 4. The molecule has 0 amide bonds. The summed E-state index contributed by atoms with van der Waals surface area (Å²) in [4.78, 5) is 16.5. The zero-order valence-electron chi connectivity index (χ0n) is 14.6. The van der Waals surface area contributed by atoms with Gasteiger partial charge in [-0.05, 0) is 24.6 Å². The lowest BCUT2D eigenvalue weighted by Crippen LogP contribution is -2.40. The van der Waals surface area contributed by atoms with Crippen LogP contribution in [0.25, 0.3) is 10.9 Å². The topological polar surface area (TPSA) is 59.0 Å². The number of rotatable bonds is 1. The van der Waals surface area contributed by atoms with E-state index < -0.39 is 17.2 Å². The van der Waals surface area contributed by atoms with Crippen LogP contribution in [0.5, 0.6) is 0 Å². The molecule has 3 heterocycles. The van der Waals surface area contributed by atoms with Crippen LogP contribution in [0.3, 0.4) is 0 Å². The molecule has 0 spiro atoms. The lowest BCUT2D eigenvalue weighted by molar-refractivity contribution is 0.467. The molecular weight excluding hydrogens is 409 g/mol. The second-order valence-electron chi connectivity index (χ2n) is 7.27. The Labute approximate surface area is 168 Å². The monoisotopic (exact) mass is 422 g/mol. The van der Waals surface area contributed by atoms with Crippen LogP contribution >= 0.6 is 23.2 Å². The number of halogens is 4. The molecule has 1 unspecified atom stereocenters. The molecule has 2 aliphatic heterocycles. The fourth-order valence-corrected chi connectivity index (χ4v) is 4.83. The fraction of sp³-hybridized carbons (Fsp3) is 0.263. The Morgan fingerprint density at radius 3 is 2.89 bits per heavy atom. The summed E-state index contributed by atoms with van der Waals surface area (Å²) in [6, 6.07) is 3.87. The quantitative estimate of drug-likeness (QED) is 0.584. The van der Waals surface area contributed by atoms with E-state index >= 15 is 4.39 Å². The van der Waals surface area contributed by atoms with Crippen LogP contribution in [0, 0.1) is 11.6 Å². The highest BCUT2D eigenvalue weighted by Crippen LogP contribution is 2.51. The number of benzene rings is 2. The zero-order chi connectivity index (χ0) is 19.8. The molecule has 2 aromatic carbocycles. The van der Waals surface area contributed by atoms with Gasteiger partial charge in [-0.3, -0.25) is 4.79 Å². The molecule has 0 saturated carbocycles. The minimum absolute atomic E-state index is 0.0248. The molecule has 3 aromatic rings. The number of nitrogens with one attached hydrogen (secondary N) is 2. The predicted molar refractivity (Wildman–Crippen MR) is 104 cm³/mol. The van der Waals surface area contributed by atoms with E-state index in [0.29, 0.717) is 24.2 Å². The molecular formula is C19H14Cl2F2N4O. The number of aromatic nitrogens is 2. The molecule has 1 fully saturated rings. The lowest BCUT2D eigenvalue weighted by atomic mass is 9.81. The van der Waals surface area contributed by atoms with Gasteiger partial charge in [0.25, 0.3) is 5.56 Å². The SMILES string of the molecule is Cn1cnc2c(F)c3c(cc2c1=O)N[C@@]1(c2c(F)ccc(Cl)c2Cl)CNC3C1. The van der Waals surface area contributed by atoms with Gasteiger partial charge in [0.05, 0.1) is 27.3 Å². The summed E-state index contributed by atoms with van der Waals surface area (Å²) in [5.41, 5.74) is -0.192. The first kappa shape index (κ1) is 17.8. The van der Waals surface area contributed by atoms with Crippen molar-refractivity contribution in [3.63, 3.8) is 0 Å². The standard InChI is InChI=1S/C19H14Cl2F2N4O/c1-27-7-25-17-8(18(27)28)4-11-13(16(17)23)12-5-19(26-11,6-24-12)14-10(22)3-2-9(20)15(14)21/h2-4,7,12,24,26H,5-6H2,1H3/t12?,19-/m1/s1. The van der Waals surface area contributed by atoms with E-state index in [2.05, 4.69) is 15.6 Å². The average molecular weight is 423 g/mol. The van der Waals surface area contributed by atoms with Crippen molar-refractivity contribution in [2.75, 3.05) is 11.9 Å². The Morgan fingerprint density at radius 1 is 1.32 bits per heavy atom. The highest BCUT2D eigenvalue weighted by atomic mass is 35.5. The van der Waals surface area contributed by atoms with E-state index in [1.165, 1.54) is 23.0 Å². The molecule has 9 heteroatoms. The van der Waals surface area contributed by atoms with Crippen LogP contribution in [-0.4, -0.2) is 16.1 Å². The van der Waals surface area contributed by atoms with Crippen molar-refractivity contribution in [1.29, 1.82) is 0 Å². The van der Waals surface area contributed by atoms with Crippen molar-refractivity contribution in [2.24, 2.45) is 7.05 Å². The fourth-order valence-electron chi connectivity index (χ4n) is 4.34. The summed E-state index contributed by atoms with van der Waals surface area (Å²) in [6.07, 6.45) is 1.67. The van der Waals surface area contributed by atoms with Gasteiger partial charge in [-0.1, -0.05) is 23.2 Å². The van der Waals surface area contributed by atoms with Crippen LogP contribution in [0.1, 0.15) is 23.6 Å². The smallest absolute Gasteiger partial charge is 0.261 e. The first-order chi connectivity index (χ1) is 13.3. The summed E-state index contributed by atoms with van der Waals surface area (Å²) in [5.74, 6) is -1.05. The molecule has 0 radical (unpaired) electrons. The molecule has 2 bridgehead atoms. The van der Waals surface area contributed by atoms with E-state index in [4.69, 9.17) is 23.2 Å². The van der Waals surface area contributed by atoms with Crippen LogP contribution in [0.4, 0.5) is 14.5 Å². The Balaban J connectivity index is 1.77. The second kappa shape index (κ2) is 5.89. The zero-order valence-corrected chi connectivity index (χ0v) is 16.1. The van der Waals surface area contributed by atoms with Crippen molar-refractivity contribution in [2.45, 2.75) is 18.0 Å². The normalized spacial score (nSPS) is 23.0. The van der Waals surface area contributed by atoms with Gasteiger partial charge in [0, 0.05) is 36.4 Å². The van der Waals surface area contributed by atoms with Crippen molar-refractivity contribution in [1.82, 2.24) is 14.9 Å². The Hall–Kier alpha value is -2.22. The number of aryl methyl sites for hydroxylation is 1. The minimum Gasteiger partial charge on any atom is -0.374 e. The first-order valence-electron chi connectivity index (χ1n) is 8.66. The van der Waals surface area contributed by atoms with E-state index in [-0.39, 0.29) is 38.1 Å². The lowest BCUT2D eigenvalue weighted by Gasteiger charge is -2.37. The molecule has 1 aromatic heterocycles. The van der Waals surface area contributed by atoms with Gasteiger partial charge in [0.2, 0.25) is 0 Å². The summed E-state index contributed by atoms with van der Waals surface area (Å²) in [5, 5.41) is 7.00. The number of hydrogen-bond donors (Lipinski definition) is 2. The molecule has 0 aliphatic carbocycles. The maximum atomic E-state index is 15.3. The Morgan fingerprint density at radius 2 is 2.11 bits per heavy atom. The van der Waals surface area contributed by atoms with Crippen LogP contribution in [-0.2, 0) is 12.6 Å². The summed E-state index contributed by atoms with van der Waals surface area (Å²) < 4.78 is 31.3. The second-order valence-corrected chi connectivity index (χ2v) is 8.06. The molecule has 2 atom stereocenters. The van der Waals surface area contributed by atoms with Crippen molar-refractivity contribution < 1.29 is 8.78 Å². The van der Waals surface area contributed by atoms with E-state index in [1.54, 1.807) is 13.1 Å². The van der Waals surface area contributed by atoms with Crippen LogP contribution in [0.15, 0.2) is 29.3 Å². The Kier molecular flexibility index (Phi) is 3.75. The first-order valence-corrected chi connectivity index (χ1v) is 9.41. The van der Waals surface area contributed by atoms with Gasteiger partial charge >= 0.3 is 0 Å². The largest absolute Gasteiger partial charge is 0.374 e. The van der Waals surface area contributed by atoms with E-state index in [0.717, 1.165) is 0 Å². The van der Waals surface area contributed by atoms with Gasteiger partial charge in [-0.25, -0.2) is 13.8 Å². The third-order valence-corrected chi connectivity index (χ3v) is 6.44. The highest BCUT2D eigenvalue weighted by Gasteiger charge is 2.49. The number of nitrogens with zero attached hydrogens (tertiary/aromatic N) is 2. The van der Waals surface area contributed by atoms with Crippen molar-refractivity contribution in [3.8, 4) is 0 Å². The summed E-state index contributed by atoms with van der Waals surface area (Å²) in [7, 11) is 1.55. The summed E-state index contributed by atoms with van der Waals surface area (Å²) >= 11 is 12.5. The average Bonchev–Trinajstić information content (AvgIpc) is 3.00. The maximum absolute atomic E-state index is 15.3. The highest BCUT2D eigenvalue weighted by molar-refractivity contribution is 6.42. The van der Waals surface area contributed by atoms with Crippen LogP contribution in [0.2, 0.25) is 10.0 Å². The molecule has 1 saturated heterocycles. The molecule has 2 N–H and O–H groups in total. The van der Waals surface area contributed by atoms with Crippen molar-refractivity contribution >= 4 is 39.8 Å². The number of fused-ring (bicyclic) bond motifs is 5. The molecule has 5 rings (SSSR count). The maximum Gasteiger partial charge on any atom is 0.261 e. The molecule has 28 heavy (non-hydrogen) atoms. The molecule has 5 nitrogen and oxygen atoms in total. The molecule has 2 aliphatic rings. The number of anilines is 1. The van der Waals surface area contributed by atoms with Crippen LogP contribution < -0.4 is 16.2 Å². The van der Waals surface area contributed by atoms with E-state index in [9.17, 15) is 9.18 Å².